The van der Waals surface area contributed by atoms with Crippen molar-refractivity contribution in [2.45, 2.75) is 25.0 Å². The van der Waals surface area contributed by atoms with Gasteiger partial charge in [0.15, 0.2) is 0 Å². The number of carbonyl (C=O) groups is 1. The number of β-amino-alcohol motifs (C(OH)–C–C–N with tert-alkyl or cyclic N) is 1. The van der Waals surface area contributed by atoms with Crippen molar-refractivity contribution in [3.63, 3.8) is 0 Å². The maximum atomic E-state index is 13.0. The number of amides is 1. The van der Waals surface area contributed by atoms with Gasteiger partial charge in [-0.2, -0.15) is 0 Å². The van der Waals surface area contributed by atoms with Crippen LogP contribution in [0.4, 0.5) is 5.82 Å². The molecule has 0 unspecified atom stereocenters. The Hall–Kier alpha value is -2.97. The van der Waals surface area contributed by atoms with Gasteiger partial charge in [-0.05, 0) is 35.9 Å². The molecule has 1 aliphatic rings. The first-order valence-electron chi connectivity index (χ1n) is 9.39. The lowest BCUT2D eigenvalue weighted by Crippen LogP contribution is -2.62. The van der Waals surface area contributed by atoms with Gasteiger partial charge in [0, 0.05) is 19.2 Å². The summed E-state index contributed by atoms with van der Waals surface area (Å²) >= 11 is 1.39. The maximum absolute atomic E-state index is 13.0. The van der Waals surface area contributed by atoms with Gasteiger partial charge in [0.05, 0.1) is 22.8 Å². The summed E-state index contributed by atoms with van der Waals surface area (Å²) in [5.74, 6) is 0.318. The van der Waals surface area contributed by atoms with Crippen LogP contribution < -0.4 is 15.8 Å². The molecule has 1 amide bonds. The lowest BCUT2D eigenvalue weighted by Gasteiger charge is -2.46. The van der Waals surface area contributed by atoms with E-state index in [0.717, 1.165) is 11.1 Å². The summed E-state index contributed by atoms with van der Waals surface area (Å²) in [6, 6.07) is 12.9. The van der Waals surface area contributed by atoms with Crippen LogP contribution in [0.2, 0.25) is 0 Å². The molecular weight excluding hydrogens is 388 g/mol. The number of carbonyl (C=O) groups excluding carboxylic acids is 1. The van der Waals surface area contributed by atoms with E-state index in [9.17, 15) is 14.7 Å². The molecule has 0 radical (unpaired) electrons. The van der Waals surface area contributed by atoms with Crippen molar-refractivity contribution in [3.8, 4) is 0 Å². The number of piperidine rings is 1. The normalized spacial score (nSPS) is 21.7. The Kier molecular flexibility index (Phi) is 5.21. The molecule has 0 aliphatic carbocycles. The van der Waals surface area contributed by atoms with Crippen molar-refractivity contribution in [2.24, 2.45) is 0 Å². The van der Waals surface area contributed by atoms with Gasteiger partial charge in [-0.3, -0.25) is 9.59 Å². The number of aliphatic hydroxyl groups is 1. The second kappa shape index (κ2) is 7.81. The standard InChI is InChI=1S/C21H22N4O3S/c1-14-7-10-29-19(14)20(28)24-21(15-5-3-2-4-6-15)8-9-25(12-16(21)26)17-11-18(27)23-13-22-17/h2-7,10-11,13,16,26H,8-9,12H2,1H3,(H,24,28)(H,22,23,27)/t16-,21+/m1/s1. The van der Waals surface area contributed by atoms with Crippen LogP contribution in [-0.4, -0.2) is 40.2 Å². The van der Waals surface area contributed by atoms with E-state index in [0.29, 0.717) is 23.7 Å². The summed E-state index contributed by atoms with van der Waals surface area (Å²) in [5.41, 5.74) is 0.599. The molecule has 8 heteroatoms. The monoisotopic (exact) mass is 410 g/mol. The second-order valence-corrected chi connectivity index (χ2v) is 8.12. The molecule has 3 aromatic rings. The number of aliphatic hydroxyl groups excluding tert-OH is 1. The molecule has 1 aromatic carbocycles. The Balaban J connectivity index is 1.66. The minimum atomic E-state index is -0.924. The van der Waals surface area contributed by atoms with Crippen LogP contribution in [0.1, 0.15) is 27.2 Å². The zero-order chi connectivity index (χ0) is 20.4. The lowest BCUT2D eigenvalue weighted by atomic mass is 9.78. The third-order valence-electron chi connectivity index (χ3n) is 5.42. The van der Waals surface area contributed by atoms with E-state index >= 15 is 0 Å². The Morgan fingerprint density at radius 3 is 2.79 bits per heavy atom. The largest absolute Gasteiger partial charge is 0.388 e. The summed E-state index contributed by atoms with van der Waals surface area (Å²) in [6.07, 6.45) is 0.941. The van der Waals surface area contributed by atoms with Gasteiger partial charge in [0.1, 0.15) is 5.82 Å². The van der Waals surface area contributed by atoms with Gasteiger partial charge < -0.3 is 20.3 Å². The van der Waals surface area contributed by atoms with E-state index in [1.165, 1.54) is 23.7 Å². The number of benzene rings is 1. The molecule has 2 aromatic heterocycles. The minimum absolute atomic E-state index is 0.192. The quantitative estimate of drug-likeness (QED) is 0.611. The highest BCUT2D eigenvalue weighted by Gasteiger charge is 2.45. The number of rotatable bonds is 4. The highest BCUT2D eigenvalue weighted by Crippen LogP contribution is 2.35. The van der Waals surface area contributed by atoms with Gasteiger partial charge in [0.25, 0.3) is 11.5 Å². The number of aromatic amines is 1. The number of nitrogens with one attached hydrogen (secondary N) is 2. The van der Waals surface area contributed by atoms with E-state index in [-0.39, 0.29) is 18.0 Å². The number of hydrogen-bond acceptors (Lipinski definition) is 6. The van der Waals surface area contributed by atoms with Gasteiger partial charge in [-0.25, -0.2) is 4.98 Å². The average molecular weight is 410 g/mol. The zero-order valence-corrected chi connectivity index (χ0v) is 16.8. The molecule has 0 bridgehead atoms. The Labute approximate surface area is 172 Å². The number of anilines is 1. The smallest absolute Gasteiger partial charge is 0.262 e. The van der Waals surface area contributed by atoms with Gasteiger partial charge in [0.2, 0.25) is 0 Å². The molecule has 29 heavy (non-hydrogen) atoms. The van der Waals surface area contributed by atoms with Crippen LogP contribution in [0.5, 0.6) is 0 Å². The number of hydrogen-bond donors (Lipinski definition) is 3. The van der Waals surface area contributed by atoms with Crippen molar-refractivity contribution < 1.29 is 9.90 Å². The van der Waals surface area contributed by atoms with Crippen LogP contribution in [0.25, 0.3) is 0 Å². The van der Waals surface area contributed by atoms with Crippen LogP contribution in [0, 0.1) is 6.92 Å². The molecule has 1 saturated heterocycles. The minimum Gasteiger partial charge on any atom is -0.388 e. The second-order valence-electron chi connectivity index (χ2n) is 7.21. The highest BCUT2D eigenvalue weighted by molar-refractivity contribution is 7.12. The zero-order valence-electron chi connectivity index (χ0n) is 16.0. The predicted molar refractivity (Wildman–Crippen MR) is 112 cm³/mol. The molecule has 0 spiro atoms. The van der Waals surface area contributed by atoms with E-state index < -0.39 is 11.6 Å². The van der Waals surface area contributed by atoms with Crippen molar-refractivity contribution in [1.29, 1.82) is 0 Å². The third-order valence-corrected chi connectivity index (χ3v) is 6.44. The van der Waals surface area contributed by atoms with E-state index in [1.807, 2.05) is 53.6 Å². The highest BCUT2D eigenvalue weighted by atomic mass is 32.1. The first-order valence-corrected chi connectivity index (χ1v) is 10.3. The summed E-state index contributed by atoms with van der Waals surface area (Å²) in [6.45, 7) is 2.68. The van der Waals surface area contributed by atoms with Gasteiger partial charge in [-0.15, -0.1) is 11.3 Å². The molecule has 0 saturated carbocycles. The van der Waals surface area contributed by atoms with E-state index in [1.54, 1.807) is 0 Å². The Bertz CT molecular complexity index is 1060. The first kappa shape index (κ1) is 19.4. The molecular formula is C21H22N4O3S. The first-order chi connectivity index (χ1) is 14.0. The molecule has 1 aliphatic heterocycles. The number of aromatic nitrogens is 2. The fraction of sp³-hybridized carbons (Fsp3) is 0.286. The number of thiophene rings is 1. The topological polar surface area (TPSA) is 98.3 Å². The number of aryl methyl sites for hydroxylation is 1. The Morgan fingerprint density at radius 2 is 2.14 bits per heavy atom. The summed E-state index contributed by atoms with van der Waals surface area (Å²) in [7, 11) is 0. The van der Waals surface area contributed by atoms with Crippen molar-refractivity contribution in [3.05, 3.63) is 80.5 Å². The molecule has 4 rings (SSSR count). The number of H-pyrrole nitrogens is 1. The lowest BCUT2D eigenvalue weighted by molar-refractivity contribution is 0.0366. The molecule has 7 nitrogen and oxygen atoms in total. The average Bonchev–Trinajstić information content (AvgIpc) is 3.16. The van der Waals surface area contributed by atoms with Crippen LogP contribution in [-0.2, 0) is 5.54 Å². The molecule has 150 valence electrons. The van der Waals surface area contributed by atoms with Gasteiger partial charge in [-0.1, -0.05) is 30.3 Å². The molecule has 3 N–H and O–H groups in total. The summed E-state index contributed by atoms with van der Waals surface area (Å²) < 4.78 is 0. The van der Waals surface area contributed by atoms with Crippen LogP contribution in [0.15, 0.2) is 59.0 Å². The SMILES string of the molecule is Cc1ccsc1C(=O)N[C@]1(c2ccccc2)CCN(c2cc(=O)[nH]cn2)C[C@H]1O. The van der Waals surface area contributed by atoms with Crippen molar-refractivity contribution in [2.75, 3.05) is 18.0 Å². The van der Waals surface area contributed by atoms with E-state index in [2.05, 4.69) is 15.3 Å². The van der Waals surface area contributed by atoms with Crippen molar-refractivity contribution in [1.82, 2.24) is 15.3 Å². The van der Waals surface area contributed by atoms with Crippen LogP contribution >= 0.6 is 11.3 Å². The predicted octanol–water partition coefficient (Wildman–Crippen LogP) is 2.04. The fourth-order valence-corrected chi connectivity index (χ4v) is 4.65. The van der Waals surface area contributed by atoms with E-state index in [4.69, 9.17) is 0 Å². The molecule has 1 fully saturated rings. The summed E-state index contributed by atoms with van der Waals surface area (Å²) in [5, 5.41) is 16.2. The van der Waals surface area contributed by atoms with Crippen LogP contribution in [0.3, 0.4) is 0 Å². The fourth-order valence-electron chi connectivity index (χ4n) is 3.83. The molecule has 2 atom stereocenters. The van der Waals surface area contributed by atoms with Crippen molar-refractivity contribution >= 4 is 23.1 Å². The maximum Gasteiger partial charge on any atom is 0.262 e. The Morgan fingerprint density at radius 1 is 1.34 bits per heavy atom. The third kappa shape index (κ3) is 3.68. The molecule has 3 heterocycles. The summed E-state index contributed by atoms with van der Waals surface area (Å²) in [4.78, 5) is 33.9. The van der Waals surface area contributed by atoms with Gasteiger partial charge >= 0.3 is 0 Å². The number of nitrogens with zero attached hydrogens (tertiary/aromatic N) is 2.